The average molecular weight is 493 g/mol. The van der Waals surface area contributed by atoms with Gasteiger partial charge in [-0.05, 0) is 52.4 Å². The summed E-state index contributed by atoms with van der Waals surface area (Å²) >= 11 is 0. The number of nitrogens with zero attached hydrogens (tertiary/aromatic N) is 4. The molecule has 8 heteroatoms. The molecule has 35 heavy (non-hydrogen) atoms. The Labute approximate surface area is 208 Å². The number of rotatable bonds is 6. The van der Waals surface area contributed by atoms with Crippen molar-refractivity contribution in [3.8, 4) is 0 Å². The van der Waals surface area contributed by atoms with Gasteiger partial charge in [-0.25, -0.2) is 8.78 Å². The highest BCUT2D eigenvalue weighted by Gasteiger charge is 2.50. The van der Waals surface area contributed by atoms with Crippen LogP contribution >= 0.6 is 0 Å². The molecule has 3 heterocycles. The molecule has 2 saturated heterocycles. The van der Waals surface area contributed by atoms with Crippen LogP contribution in [0.25, 0.3) is 0 Å². The van der Waals surface area contributed by atoms with Crippen LogP contribution in [0.2, 0.25) is 0 Å². The van der Waals surface area contributed by atoms with Crippen molar-refractivity contribution in [3.05, 3.63) is 17.5 Å². The number of piperazine rings is 1. The number of piperidine rings is 1. The van der Waals surface area contributed by atoms with Crippen molar-refractivity contribution in [1.82, 2.24) is 19.9 Å². The number of amides is 1. The normalized spacial score (nSPS) is 30.1. The fourth-order valence-corrected chi connectivity index (χ4v) is 6.48. The quantitative estimate of drug-likeness (QED) is 0.579. The zero-order valence-electron chi connectivity index (χ0n) is 21.6. The first-order valence-electron chi connectivity index (χ1n) is 13.8. The first kappa shape index (κ1) is 25.1. The molecule has 1 aromatic heterocycles. The van der Waals surface area contributed by atoms with E-state index in [1.165, 1.54) is 12.8 Å². The van der Waals surface area contributed by atoms with Gasteiger partial charge >= 0.3 is 0 Å². The highest BCUT2D eigenvalue weighted by molar-refractivity contribution is 5.77. The van der Waals surface area contributed by atoms with Crippen molar-refractivity contribution < 1.29 is 18.1 Å². The number of hydrogen-bond donors (Lipinski definition) is 0. The van der Waals surface area contributed by atoms with Gasteiger partial charge in [-0.1, -0.05) is 12.1 Å². The summed E-state index contributed by atoms with van der Waals surface area (Å²) in [5.41, 5.74) is 0.854. The SMILES string of the molecule is CC(C)N1CCN([C@@H]2CCCC(F)(F)[C@H]2CC(=O)N2CCC(C)(c3cc(C4CC4)on3)CC2)CC1. The number of alkyl halides is 2. The largest absolute Gasteiger partial charge is 0.361 e. The third-order valence-electron chi connectivity index (χ3n) is 9.31. The van der Waals surface area contributed by atoms with Crippen LogP contribution in [0.3, 0.4) is 0 Å². The number of hydrogen-bond acceptors (Lipinski definition) is 5. The first-order chi connectivity index (χ1) is 16.7. The van der Waals surface area contributed by atoms with Crippen LogP contribution in [0.15, 0.2) is 10.6 Å². The van der Waals surface area contributed by atoms with E-state index in [4.69, 9.17) is 4.52 Å². The van der Waals surface area contributed by atoms with Crippen LogP contribution in [-0.4, -0.2) is 83.0 Å². The van der Waals surface area contributed by atoms with Crippen LogP contribution in [0.4, 0.5) is 8.78 Å². The highest BCUT2D eigenvalue weighted by atomic mass is 19.3. The van der Waals surface area contributed by atoms with E-state index in [2.05, 4.69) is 41.8 Å². The molecule has 5 rings (SSSR count). The average Bonchev–Trinajstić information content (AvgIpc) is 3.56. The van der Waals surface area contributed by atoms with Gasteiger partial charge in [-0.3, -0.25) is 14.6 Å². The van der Waals surface area contributed by atoms with Crippen LogP contribution in [0.1, 0.15) is 89.5 Å². The minimum absolute atomic E-state index is 0.0471. The summed E-state index contributed by atoms with van der Waals surface area (Å²) in [6, 6.07) is 2.37. The number of carbonyl (C=O) groups excluding carboxylic acids is 1. The summed E-state index contributed by atoms with van der Waals surface area (Å²) in [7, 11) is 0. The van der Waals surface area contributed by atoms with Gasteiger partial charge in [-0.15, -0.1) is 0 Å². The molecule has 1 amide bonds. The molecule has 0 radical (unpaired) electrons. The van der Waals surface area contributed by atoms with E-state index < -0.39 is 11.8 Å². The maximum absolute atomic E-state index is 15.2. The Morgan fingerprint density at radius 1 is 1.09 bits per heavy atom. The number of halogens is 2. The molecular formula is C27H42F2N4O2. The van der Waals surface area contributed by atoms with Gasteiger partial charge in [0, 0.05) is 87.5 Å². The Balaban J connectivity index is 1.20. The summed E-state index contributed by atoms with van der Waals surface area (Å²) in [6.45, 7) is 11.2. The van der Waals surface area contributed by atoms with Gasteiger partial charge in [0.15, 0.2) is 0 Å². The molecule has 0 N–H and O–H groups in total. The van der Waals surface area contributed by atoms with Gasteiger partial charge in [0.1, 0.15) is 5.76 Å². The van der Waals surface area contributed by atoms with E-state index in [0.717, 1.165) is 56.9 Å². The fraction of sp³-hybridized carbons (Fsp3) is 0.852. The number of aromatic nitrogens is 1. The molecule has 1 aromatic rings. The summed E-state index contributed by atoms with van der Waals surface area (Å²) in [5.74, 6) is -2.26. The maximum Gasteiger partial charge on any atom is 0.252 e. The summed E-state index contributed by atoms with van der Waals surface area (Å²) < 4.78 is 36.0. The molecule has 6 nitrogen and oxygen atoms in total. The lowest BCUT2D eigenvalue weighted by atomic mass is 9.76. The fourth-order valence-electron chi connectivity index (χ4n) is 6.48. The first-order valence-corrected chi connectivity index (χ1v) is 13.8. The predicted molar refractivity (Wildman–Crippen MR) is 131 cm³/mol. The molecule has 2 saturated carbocycles. The summed E-state index contributed by atoms with van der Waals surface area (Å²) in [5, 5.41) is 4.35. The molecule has 2 aliphatic heterocycles. The van der Waals surface area contributed by atoms with Gasteiger partial charge in [0.2, 0.25) is 5.91 Å². The van der Waals surface area contributed by atoms with Crippen molar-refractivity contribution >= 4 is 5.91 Å². The van der Waals surface area contributed by atoms with Crippen LogP contribution in [0, 0.1) is 5.92 Å². The van der Waals surface area contributed by atoms with Crippen LogP contribution in [-0.2, 0) is 10.2 Å². The van der Waals surface area contributed by atoms with Crippen molar-refractivity contribution in [2.24, 2.45) is 5.92 Å². The minimum atomic E-state index is -2.78. The minimum Gasteiger partial charge on any atom is -0.361 e. The molecule has 196 valence electrons. The van der Waals surface area contributed by atoms with E-state index in [9.17, 15) is 4.79 Å². The third-order valence-corrected chi connectivity index (χ3v) is 9.31. The summed E-state index contributed by atoms with van der Waals surface area (Å²) in [4.78, 5) is 19.8. The van der Waals surface area contributed by atoms with E-state index in [1.807, 2.05) is 4.90 Å². The topological polar surface area (TPSA) is 52.8 Å². The van der Waals surface area contributed by atoms with Gasteiger partial charge in [0.05, 0.1) is 5.69 Å². The van der Waals surface area contributed by atoms with Crippen molar-refractivity contribution in [2.75, 3.05) is 39.3 Å². The van der Waals surface area contributed by atoms with Gasteiger partial charge < -0.3 is 9.42 Å². The van der Waals surface area contributed by atoms with Crippen molar-refractivity contribution in [3.63, 3.8) is 0 Å². The molecule has 4 aliphatic rings. The van der Waals surface area contributed by atoms with E-state index >= 15 is 8.78 Å². The molecule has 0 bridgehead atoms. The highest BCUT2D eigenvalue weighted by Crippen LogP contribution is 2.45. The zero-order valence-corrected chi connectivity index (χ0v) is 21.6. The van der Waals surface area contributed by atoms with Gasteiger partial charge in [-0.2, -0.15) is 0 Å². The van der Waals surface area contributed by atoms with Crippen molar-refractivity contribution in [2.45, 2.75) is 101 Å². The van der Waals surface area contributed by atoms with E-state index in [1.54, 1.807) is 0 Å². The van der Waals surface area contributed by atoms with E-state index in [0.29, 0.717) is 31.5 Å². The second-order valence-electron chi connectivity index (χ2n) is 12.0. The smallest absolute Gasteiger partial charge is 0.252 e. The Kier molecular flexibility index (Phi) is 6.98. The monoisotopic (exact) mass is 492 g/mol. The molecule has 0 aromatic carbocycles. The molecule has 2 atom stereocenters. The van der Waals surface area contributed by atoms with E-state index in [-0.39, 0.29) is 30.2 Å². The zero-order chi connectivity index (χ0) is 24.8. The lowest BCUT2D eigenvalue weighted by Gasteiger charge is -2.47. The second-order valence-corrected chi connectivity index (χ2v) is 12.0. The molecule has 2 aliphatic carbocycles. The Bertz CT molecular complexity index is 883. The van der Waals surface area contributed by atoms with Crippen LogP contribution < -0.4 is 0 Å². The molecule has 0 unspecified atom stereocenters. The maximum atomic E-state index is 15.2. The predicted octanol–water partition coefficient (Wildman–Crippen LogP) is 4.65. The Morgan fingerprint density at radius 3 is 2.40 bits per heavy atom. The molecule has 0 spiro atoms. The van der Waals surface area contributed by atoms with Crippen molar-refractivity contribution in [1.29, 1.82) is 0 Å². The second kappa shape index (κ2) is 9.73. The molecule has 4 fully saturated rings. The Morgan fingerprint density at radius 2 is 1.77 bits per heavy atom. The third kappa shape index (κ3) is 5.29. The lowest BCUT2D eigenvalue weighted by molar-refractivity contribution is -0.151. The van der Waals surface area contributed by atoms with Gasteiger partial charge in [0.25, 0.3) is 5.92 Å². The standard InChI is InChI=1S/C27H42F2N4O2/c1-19(2)31-13-15-32(16-14-31)22-5-4-8-27(28,29)21(22)17-25(34)33-11-9-26(3,10-12-33)24-18-23(35-30-24)20-6-7-20/h18-22H,4-17H2,1-3H3/t21-,22+/m0/s1. The Hall–Kier alpha value is -1.54. The van der Waals surface area contributed by atoms with Crippen LogP contribution in [0.5, 0.6) is 0 Å². The molecular weight excluding hydrogens is 450 g/mol. The summed E-state index contributed by atoms with van der Waals surface area (Å²) in [6.07, 6.45) is 5.09. The lowest BCUT2D eigenvalue weighted by Crippen LogP contribution is -2.58. The number of carbonyl (C=O) groups is 1. The number of likely N-dealkylation sites (tertiary alicyclic amines) is 1.